The maximum absolute atomic E-state index is 11.0. The van der Waals surface area contributed by atoms with E-state index in [1.165, 1.54) is 18.9 Å². The molecule has 1 aliphatic rings. The van der Waals surface area contributed by atoms with E-state index < -0.39 is 4.92 Å². The fraction of sp³-hybridized carbons (Fsp3) is 0.625. The molecule has 0 heterocycles. The van der Waals surface area contributed by atoms with Crippen LogP contribution in [-0.4, -0.2) is 17.6 Å². The molecule has 3 atom stereocenters. The number of benzene rings is 1. The Morgan fingerprint density at radius 1 is 1.38 bits per heavy atom. The van der Waals surface area contributed by atoms with Gasteiger partial charge in [0.25, 0.3) is 0 Å². The molecule has 116 valence electrons. The van der Waals surface area contributed by atoms with Crippen molar-refractivity contribution in [3.05, 3.63) is 28.3 Å². The van der Waals surface area contributed by atoms with E-state index in [9.17, 15) is 10.1 Å². The molecule has 0 saturated heterocycles. The van der Waals surface area contributed by atoms with Crippen LogP contribution in [0.2, 0.25) is 0 Å². The van der Waals surface area contributed by atoms with Crippen LogP contribution >= 0.6 is 0 Å². The highest BCUT2D eigenvalue weighted by Gasteiger charge is 2.31. The first-order valence-corrected chi connectivity index (χ1v) is 7.74. The lowest BCUT2D eigenvalue weighted by atomic mass is 9.93. The van der Waals surface area contributed by atoms with Gasteiger partial charge in [0.1, 0.15) is 0 Å². The average Bonchev–Trinajstić information content (AvgIpc) is 2.80. The molecule has 0 aromatic heterocycles. The lowest BCUT2D eigenvalue weighted by Crippen LogP contribution is -2.24. The molecule has 0 spiro atoms. The van der Waals surface area contributed by atoms with Gasteiger partial charge in [0, 0.05) is 23.9 Å². The Morgan fingerprint density at radius 3 is 2.71 bits per heavy atom. The van der Waals surface area contributed by atoms with Crippen LogP contribution < -0.4 is 10.1 Å². The highest BCUT2D eigenvalue weighted by Crippen LogP contribution is 2.37. The van der Waals surface area contributed by atoms with E-state index in [0.29, 0.717) is 24.3 Å². The molecule has 5 nitrogen and oxygen atoms in total. The van der Waals surface area contributed by atoms with Crippen LogP contribution in [-0.2, 0) is 0 Å². The van der Waals surface area contributed by atoms with Crippen LogP contribution in [0.15, 0.2) is 18.2 Å². The fourth-order valence-corrected chi connectivity index (χ4v) is 3.27. The third-order valence-electron chi connectivity index (χ3n) is 4.56. The summed E-state index contributed by atoms with van der Waals surface area (Å²) in [5.74, 6) is 1.73. The zero-order chi connectivity index (χ0) is 15.4. The summed E-state index contributed by atoms with van der Waals surface area (Å²) in [5.41, 5.74) is 0.922. The summed E-state index contributed by atoms with van der Waals surface area (Å²) < 4.78 is 5.39. The van der Waals surface area contributed by atoms with Crippen LogP contribution in [0.3, 0.4) is 0 Å². The Bertz CT molecular complexity index is 504. The molecule has 0 radical (unpaired) electrons. The number of hydrogen-bond donors (Lipinski definition) is 1. The van der Waals surface area contributed by atoms with Gasteiger partial charge in [-0.05, 0) is 37.7 Å². The van der Waals surface area contributed by atoms with Crippen molar-refractivity contribution >= 4 is 11.4 Å². The monoisotopic (exact) mass is 292 g/mol. The second-order valence-corrected chi connectivity index (χ2v) is 5.73. The van der Waals surface area contributed by atoms with Crippen LogP contribution in [0, 0.1) is 22.0 Å². The molecule has 0 aliphatic heterocycles. The number of hydrogen-bond acceptors (Lipinski definition) is 4. The van der Waals surface area contributed by atoms with Gasteiger partial charge >= 0.3 is 5.69 Å². The zero-order valence-electron chi connectivity index (χ0n) is 13.0. The van der Waals surface area contributed by atoms with Crippen molar-refractivity contribution in [3.63, 3.8) is 0 Å². The van der Waals surface area contributed by atoms with E-state index in [4.69, 9.17) is 4.74 Å². The molecule has 1 N–H and O–H groups in total. The summed E-state index contributed by atoms with van der Waals surface area (Å²) >= 11 is 0. The summed E-state index contributed by atoms with van der Waals surface area (Å²) in [7, 11) is 0. The molecule has 3 unspecified atom stereocenters. The zero-order valence-corrected chi connectivity index (χ0v) is 13.0. The summed E-state index contributed by atoms with van der Waals surface area (Å²) in [6, 6.07) is 5.47. The van der Waals surface area contributed by atoms with Crippen molar-refractivity contribution in [1.82, 2.24) is 0 Å². The minimum atomic E-state index is -0.403. The van der Waals surface area contributed by atoms with Gasteiger partial charge in [-0.1, -0.05) is 20.3 Å². The number of nitrogens with zero attached hydrogens (tertiary/aromatic N) is 1. The number of rotatable bonds is 6. The largest absolute Gasteiger partial charge is 0.487 e. The van der Waals surface area contributed by atoms with Crippen LogP contribution in [0.25, 0.3) is 0 Å². The lowest BCUT2D eigenvalue weighted by molar-refractivity contribution is -0.385. The number of ether oxygens (including phenoxy) is 1. The Hall–Kier alpha value is -1.78. The van der Waals surface area contributed by atoms with Crippen LogP contribution in [0.5, 0.6) is 5.75 Å². The average molecular weight is 292 g/mol. The number of nitro benzene ring substituents is 1. The smallest absolute Gasteiger partial charge is 0.311 e. The van der Waals surface area contributed by atoms with Crippen molar-refractivity contribution in [2.24, 2.45) is 11.8 Å². The summed E-state index contributed by atoms with van der Waals surface area (Å²) in [5, 5.41) is 14.5. The summed E-state index contributed by atoms with van der Waals surface area (Å²) in [4.78, 5) is 10.6. The highest BCUT2D eigenvalue weighted by atomic mass is 16.6. The predicted octanol–water partition coefficient (Wildman–Crippen LogP) is 4.23. The van der Waals surface area contributed by atoms with E-state index in [1.54, 1.807) is 12.1 Å². The van der Waals surface area contributed by atoms with Gasteiger partial charge in [0.2, 0.25) is 0 Å². The molecular formula is C16H24N2O3. The van der Waals surface area contributed by atoms with Crippen molar-refractivity contribution in [3.8, 4) is 5.75 Å². The minimum absolute atomic E-state index is 0.0216. The van der Waals surface area contributed by atoms with Crippen molar-refractivity contribution in [2.45, 2.75) is 46.1 Å². The van der Waals surface area contributed by atoms with Crippen molar-refractivity contribution in [2.75, 3.05) is 11.9 Å². The van der Waals surface area contributed by atoms with Gasteiger partial charge in [-0.3, -0.25) is 10.1 Å². The number of nitrogens with one attached hydrogen (secondary N) is 1. The van der Waals surface area contributed by atoms with Crippen LogP contribution in [0.1, 0.15) is 40.0 Å². The van der Waals surface area contributed by atoms with E-state index in [-0.39, 0.29) is 5.69 Å². The molecule has 1 aromatic carbocycles. The Balaban J connectivity index is 2.14. The molecule has 0 amide bonds. The van der Waals surface area contributed by atoms with E-state index in [0.717, 1.165) is 18.0 Å². The maximum Gasteiger partial charge on any atom is 0.311 e. The molecule has 0 bridgehead atoms. The maximum atomic E-state index is 11.0. The molecule has 5 heteroatoms. The third kappa shape index (κ3) is 3.46. The van der Waals surface area contributed by atoms with Crippen molar-refractivity contribution < 1.29 is 9.66 Å². The predicted molar refractivity (Wildman–Crippen MR) is 83.9 cm³/mol. The van der Waals surface area contributed by atoms with Gasteiger partial charge in [-0.25, -0.2) is 0 Å². The molecule has 1 saturated carbocycles. The first-order chi connectivity index (χ1) is 10.1. The Labute approximate surface area is 125 Å². The fourth-order valence-electron chi connectivity index (χ4n) is 3.27. The van der Waals surface area contributed by atoms with Gasteiger partial charge < -0.3 is 10.1 Å². The second-order valence-electron chi connectivity index (χ2n) is 5.73. The SMILES string of the molecule is CCOc1cc(NC2CCC(CC)C2C)ccc1[N+](=O)[O-]. The molecule has 1 fully saturated rings. The number of nitro groups is 1. The van der Waals surface area contributed by atoms with Crippen LogP contribution in [0.4, 0.5) is 11.4 Å². The van der Waals surface area contributed by atoms with E-state index >= 15 is 0 Å². The first kappa shape index (κ1) is 15.6. The molecule has 21 heavy (non-hydrogen) atoms. The molecule has 1 aromatic rings. The summed E-state index contributed by atoms with van der Waals surface area (Å²) in [6.07, 6.45) is 3.62. The van der Waals surface area contributed by atoms with Gasteiger partial charge in [0.15, 0.2) is 5.75 Å². The second kappa shape index (κ2) is 6.78. The van der Waals surface area contributed by atoms with Crippen molar-refractivity contribution in [1.29, 1.82) is 0 Å². The van der Waals surface area contributed by atoms with E-state index in [1.807, 2.05) is 6.92 Å². The molecule has 2 rings (SSSR count). The molecular weight excluding hydrogens is 268 g/mol. The van der Waals surface area contributed by atoms with Gasteiger partial charge in [-0.15, -0.1) is 0 Å². The Kier molecular flexibility index (Phi) is 5.04. The topological polar surface area (TPSA) is 64.4 Å². The van der Waals surface area contributed by atoms with E-state index in [2.05, 4.69) is 19.2 Å². The molecule has 1 aliphatic carbocycles. The Morgan fingerprint density at radius 2 is 2.14 bits per heavy atom. The lowest BCUT2D eigenvalue weighted by Gasteiger charge is -2.22. The standard InChI is InChI=1S/C16H24N2O3/c1-4-12-6-8-14(11(12)3)17-13-7-9-15(18(19)20)16(10-13)21-5-2/h7,9-12,14,17H,4-6,8H2,1-3H3. The van der Waals surface area contributed by atoms with Gasteiger partial charge in [-0.2, -0.15) is 0 Å². The van der Waals surface area contributed by atoms with Gasteiger partial charge in [0.05, 0.1) is 11.5 Å². The number of anilines is 1. The minimum Gasteiger partial charge on any atom is -0.487 e. The normalized spacial score (nSPS) is 24.8. The quantitative estimate of drug-likeness (QED) is 0.629. The third-order valence-corrected chi connectivity index (χ3v) is 4.56. The highest BCUT2D eigenvalue weighted by molar-refractivity contribution is 5.58. The first-order valence-electron chi connectivity index (χ1n) is 7.74. The summed E-state index contributed by atoms with van der Waals surface area (Å²) in [6.45, 7) is 6.77.